The van der Waals surface area contributed by atoms with E-state index in [0.29, 0.717) is 6.54 Å². The quantitative estimate of drug-likeness (QED) is 0.845. The summed E-state index contributed by atoms with van der Waals surface area (Å²) < 4.78 is 26.7. The normalized spacial score (nSPS) is 13.6. The summed E-state index contributed by atoms with van der Waals surface area (Å²) >= 11 is 11.9. The molecule has 19 heavy (non-hydrogen) atoms. The van der Waals surface area contributed by atoms with Gasteiger partial charge in [-0.1, -0.05) is 43.1 Å². The van der Waals surface area contributed by atoms with Gasteiger partial charge in [-0.15, -0.1) is 0 Å². The lowest BCUT2D eigenvalue weighted by molar-refractivity contribution is 0.553. The molecule has 7 heteroatoms. The number of anilines is 1. The van der Waals surface area contributed by atoms with E-state index in [1.165, 1.54) is 0 Å². The maximum Gasteiger partial charge on any atom is 0.236 e. The van der Waals surface area contributed by atoms with Crippen LogP contribution in [0.3, 0.4) is 0 Å². The molecule has 0 aliphatic rings. The summed E-state index contributed by atoms with van der Waals surface area (Å²) in [5.74, 6) is 0. The topological polar surface area (TPSA) is 58.2 Å². The minimum absolute atomic E-state index is 0.224. The molecule has 0 bridgehead atoms. The van der Waals surface area contributed by atoms with Gasteiger partial charge in [-0.05, 0) is 19.1 Å². The van der Waals surface area contributed by atoms with Gasteiger partial charge >= 0.3 is 0 Å². The first-order valence-electron chi connectivity index (χ1n) is 5.93. The first kappa shape index (κ1) is 16.6. The van der Waals surface area contributed by atoms with Gasteiger partial charge < -0.3 is 5.32 Å². The average Bonchev–Trinajstić information content (AvgIpc) is 2.31. The van der Waals surface area contributed by atoms with E-state index in [1.54, 1.807) is 25.1 Å². The van der Waals surface area contributed by atoms with Crippen LogP contribution in [0.25, 0.3) is 0 Å². The molecule has 0 fully saturated rings. The first-order valence-corrected chi connectivity index (χ1v) is 8.23. The molecule has 0 saturated carbocycles. The Labute approximate surface area is 124 Å². The summed E-state index contributed by atoms with van der Waals surface area (Å²) in [6.45, 7) is 5.90. The molecule has 2 N–H and O–H groups in total. The van der Waals surface area contributed by atoms with E-state index in [9.17, 15) is 8.42 Å². The highest BCUT2D eigenvalue weighted by molar-refractivity contribution is 7.93. The molecule has 0 heterocycles. The van der Waals surface area contributed by atoms with Gasteiger partial charge in [0.05, 0.1) is 21.0 Å². The number of halogens is 2. The highest BCUT2D eigenvalue weighted by Gasteiger charge is 2.22. The standard InChI is InChI=1S/C12H18Cl2N2O2S/c1-8(2)15-7-9(3)19(17,18)16-12-10(13)5-4-6-11(12)14/h4-6,8-9,15-16H,7H2,1-3H3. The molecule has 4 nitrogen and oxygen atoms in total. The third kappa shape index (κ3) is 4.84. The van der Waals surface area contributed by atoms with E-state index in [0.717, 1.165) is 0 Å². The number of nitrogens with one attached hydrogen (secondary N) is 2. The lowest BCUT2D eigenvalue weighted by Gasteiger charge is -2.18. The van der Waals surface area contributed by atoms with Gasteiger partial charge in [0.15, 0.2) is 0 Å². The predicted molar refractivity (Wildman–Crippen MR) is 81.6 cm³/mol. The van der Waals surface area contributed by atoms with Gasteiger partial charge in [0.25, 0.3) is 0 Å². The molecule has 0 spiro atoms. The summed E-state index contributed by atoms with van der Waals surface area (Å²) in [6, 6.07) is 5.05. The lowest BCUT2D eigenvalue weighted by Crippen LogP contribution is -2.37. The van der Waals surface area contributed by atoms with Crippen LogP contribution in [0.15, 0.2) is 18.2 Å². The summed E-state index contributed by atoms with van der Waals surface area (Å²) in [5, 5.41) is 3.04. The Morgan fingerprint density at radius 3 is 2.16 bits per heavy atom. The smallest absolute Gasteiger partial charge is 0.236 e. The molecule has 0 saturated heterocycles. The number of rotatable bonds is 6. The van der Waals surface area contributed by atoms with Gasteiger partial charge in [0.1, 0.15) is 0 Å². The fourth-order valence-electron chi connectivity index (χ4n) is 1.35. The SMILES string of the molecule is CC(C)NCC(C)S(=O)(=O)Nc1c(Cl)cccc1Cl. The molecule has 1 aromatic rings. The minimum Gasteiger partial charge on any atom is -0.313 e. The largest absolute Gasteiger partial charge is 0.313 e. The average molecular weight is 325 g/mol. The summed E-state index contributed by atoms with van der Waals surface area (Å²) in [4.78, 5) is 0. The van der Waals surface area contributed by atoms with Crippen LogP contribution in [0.2, 0.25) is 10.0 Å². The van der Waals surface area contributed by atoms with E-state index in [1.807, 2.05) is 13.8 Å². The van der Waals surface area contributed by atoms with Gasteiger partial charge in [-0.25, -0.2) is 8.42 Å². The van der Waals surface area contributed by atoms with Gasteiger partial charge in [0.2, 0.25) is 10.0 Å². The number of hydrogen-bond acceptors (Lipinski definition) is 3. The minimum atomic E-state index is -3.54. The molecule has 0 amide bonds. The Morgan fingerprint density at radius 1 is 1.16 bits per heavy atom. The molecule has 1 atom stereocenters. The zero-order chi connectivity index (χ0) is 14.6. The maximum atomic E-state index is 12.1. The summed E-state index contributed by atoms with van der Waals surface area (Å²) in [7, 11) is -3.54. The monoisotopic (exact) mass is 324 g/mol. The molecule has 0 aliphatic carbocycles. The van der Waals surface area contributed by atoms with Gasteiger partial charge in [-0.2, -0.15) is 0 Å². The molecule has 1 unspecified atom stereocenters. The Hall–Kier alpha value is -0.490. The molecule has 1 rings (SSSR count). The zero-order valence-corrected chi connectivity index (χ0v) is 13.4. The molecule has 0 radical (unpaired) electrons. The second kappa shape index (κ2) is 6.79. The number of sulfonamides is 1. The number of benzene rings is 1. The van der Waals surface area contributed by atoms with Crippen molar-refractivity contribution >= 4 is 38.9 Å². The Kier molecular flexibility index (Phi) is 5.92. The second-order valence-electron chi connectivity index (χ2n) is 4.62. The van der Waals surface area contributed by atoms with Crippen LogP contribution in [0, 0.1) is 0 Å². The Balaban J connectivity index is 2.85. The second-order valence-corrected chi connectivity index (χ2v) is 7.53. The molecular formula is C12H18Cl2N2O2S. The number of hydrogen-bond donors (Lipinski definition) is 2. The maximum absolute atomic E-state index is 12.1. The van der Waals surface area contributed by atoms with E-state index < -0.39 is 15.3 Å². The van der Waals surface area contributed by atoms with Crippen molar-refractivity contribution in [1.29, 1.82) is 0 Å². The van der Waals surface area contributed by atoms with Crippen molar-refractivity contribution < 1.29 is 8.42 Å². The van der Waals surface area contributed by atoms with E-state index in [2.05, 4.69) is 10.0 Å². The summed E-state index contributed by atoms with van der Waals surface area (Å²) in [6.07, 6.45) is 0. The van der Waals surface area contributed by atoms with Crippen molar-refractivity contribution in [3.63, 3.8) is 0 Å². The van der Waals surface area contributed by atoms with Crippen LogP contribution in [-0.2, 0) is 10.0 Å². The van der Waals surface area contributed by atoms with Gasteiger partial charge in [-0.3, -0.25) is 4.72 Å². The van der Waals surface area contributed by atoms with E-state index in [4.69, 9.17) is 23.2 Å². The molecule has 1 aromatic carbocycles. The molecular weight excluding hydrogens is 307 g/mol. The third-order valence-corrected chi connectivity index (χ3v) is 4.90. The van der Waals surface area contributed by atoms with Crippen LogP contribution in [0.1, 0.15) is 20.8 Å². The molecule has 0 aliphatic heterocycles. The number of para-hydroxylation sites is 1. The van der Waals surface area contributed by atoms with Crippen molar-refractivity contribution in [2.24, 2.45) is 0 Å². The van der Waals surface area contributed by atoms with E-state index in [-0.39, 0.29) is 21.8 Å². The van der Waals surface area contributed by atoms with Crippen molar-refractivity contribution in [2.45, 2.75) is 32.1 Å². The van der Waals surface area contributed by atoms with Crippen LogP contribution >= 0.6 is 23.2 Å². The highest BCUT2D eigenvalue weighted by atomic mass is 35.5. The fourth-order valence-corrected chi connectivity index (χ4v) is 2.97. The van der Waals surface area contributed by atoms with Crippen LogP contribution in [0.5, 0.6) is 0 Å². The van der Waals surface area contributed by atoms with Crippen LogP contribution < -0.4 is 10.0 Å². The molecule has 0 aromatic heterocycles. The lowest BCUT2D eigenvalue weighted by atomic mass is 10.3. The molecule has 108 valence electrons. The Bertz CT molecular complexity index is 512. The summed E-state index contributed by atoms with van der Waals surface area (Å²) in [5.41, 5.74) is 0.224. The van der Waals surface area contributed by atoms with Gasteiger partial charge in [0, 0.05) is 12.6 Å². The zero-order valence-electron chi connectivity index (χ0n) is 11.1. The third-order valence-electron chi connectivity index (χ3n) is 2.55. The first-order chi connectivity index (χ1) is 8.74. The van der Waals surface area contributed by atoms with E-state index >= 15 is 0 Å². The van der Waals surface area contributed by atoms with Crippen molar-refractivity contribution in [1.82, 2.24) is 5.32 Å². The van der Waals surface area contributed by atoms with Crippen LogP contribution in [0.4, 0.5) is 5.69 Å². The highest BCUT2D eigenvalue weighted by Crippen LogP contribution is 2.31. The van der Waals surface area contributed by atoms with Crippen molar-refractivity contribution in [3.8, 4) is 0 Å². The predicted octanol–water partition coefficient (Wildman–Crippen LogP) is 3.12. The fraction of sp³-hybridized carbons (Fsp3) is 0.500. The Morgan fingerprint density at radius 2 is 1.68 bits per heavy atom. The van der Waals surface area contributed by atoms with Crippen LogP contribution in [-0.4, -0.2) is 26.3 Å². The van der Waals surface area contributed by atoms with Crippen molar-refractivity contribution in [2.75, 3.05) is 11.3 Å². The van der Waals surface area contributed by atoms with Crippen molar-refractivity contribution in [3.05, 3.63) is 28.2 Å².